The van der Waals surface area contributed by atoms with Crippen LogP contribution in [0.25, 0.3) is 0 Å². The van der Waals surface area contributed by atoms with Crippen molar-refractivity contribution < 1.29 is 18.4 Å². The van der Waals surface area contributed by atoms with E-state index in [0.29, 0.717) is 12.0 Å². The van der Waals surface area contributed by atoms with E-state index in [4.69, 9.17) is 4.42 Å². The van der Waals surface area contributed by atoms with E-state index in [0.717, 1.165) is 5.56 Å². The number of carbonyl (C=O) groups is 2. The van der Waals surface area contributed by atoms with Crippen LogP contribution < -0.4 is 10.6 Å². The van der Waals surface area contributed by atoms with Crippen molar-refractivity contribution >= 4 is 11.8 Å². The van der Waals surface area contributed by atoms with Gasteiger partial charge in [-0.05, 0) is 35.6 Å². The fourth-order valence-corrected chi connectivity index (χ4v) is 2.46. The first-order chi connectivity index (χ1) is 11.7. The summed E-state index contributed by atoms with van der Waals surface area (Å²) in [6, 6.07) is 7.33. The Morgan fingerprint density at radius 2 is 1.84 bits per heavy atom. The lowest BCUT2D eigenvalue weighted by Gasteiger charge is -2.27. The predicted molar refractivity (Wildman–Crippen MR) is 92.4 cm³/mol. The van der Waals surface area contributed by atoms with Crippen molar-refractivity contribution in [2.24, 2.45) is 5.41 Å². The van der Waals surface area contributed by atoms with Crippen molar-refractivity contribution in [1.29, 1.82) is 0 Å². The molecule has 1 unspecified atom stereocenters. The molecule has 0 bridgehead atoms. The Hall–Kier alpha value is -2.63. The van der Waals surface area contributed by atoms with Crippen LogP contribution in [-0.4, -0.2) is 18.4 Å². The molecule has 0 aliphatic rings. The maximum atomic E-state index is 13.2. The van der Waals surface area contributed by atoms with Crippen molar-refractivity contribution in [1.82, 2.24) is 10.6 Å². The maximum Gasteiger partial charge on any atom is 0.254 e. The molecule has 0 saturated heterocycles. The van der Waals surface area contributed by atoms with E-state index in [2.05, 4.69) is 31.4 Å². The summed E-state index contributed by atoms with van der Waals surface area (Å²) in [5, 5.41) is 5.45. The number of benzene rings is 1. The number of hydrogen-bond donors (Lipinski definition) is 2. The molecule has 134 valence electrons. The first-order valence-corrected chi connectivity index (χ1v) is 8.10. The van der Waals surface area contributed by atoms with Crippen molar-refractivity contribution in [3.05, 3.63) is 59.8 Å². The molecule has 0 spiro atoms. The van der Waals surface area contributed by atoms with E-state index in [1.54, 1.807) is 12.1 Å². The zero-order valence-electron chi connectivity index (χ0n) is 14.6. The minimum absolute atomic E-state index is 0.0353. The van der Waals surface area contributed by atoms with E-state index in [9.17, 15) is 14.0 Å². The van der Waals surface area contributed by atoms with Gasteiger partial charge in [0.15, 0.2) is 0 Å². The van der Waals surface area contributed by atoms with Gasteiger partial charge in [-0.15, -0.1) is 0 Å². The molecule has 0 radical (unpaired) electrons. The van der Waals surface area contributed by atoms with Gasteiger partial charge in [0.2, 0.25) is 5.91 Å². The van der Waals surface area contributed by atoms with Gasteiger partial charge < -0.3 is 15.1 Å². The number of furan rings is 1. The molecule has 25 heavy (non-hydrogen) atoms. The van der Waals surface area contributed by atoms with Gasteiger partial charge in [-0.2, -0.15) is 0 Å². The van der Waals surface area contributed by atoms with Gasteiger partial charge >= 0.3 is 0 Å². The van der Waals surface area contributed by atoms with Crippen LogP contribution in [0.3, 0.4) is 0 Å². The topological polar surface area (TPSA) is 71.3 Å². The smallest absolute Gasteiger partial charge is 0.254 e. The number of carbonyl (C=O) groups excluding carboxylic acids is 2. The third-order valence-electron chi connectivity index (χ3n) is 3.62. The van der Waals surface area contributed by atoms with Crippen molar-refractivity contribution in [2.45, 2.75) is 33.2 Å². The summed E-state index contributed by atoms with van der Waals surface area (Å²) in [6.07, 6.45) is 3.39. The van der Waals surface area contributed by atoms with Crippen LogP contribution in [0, 0.1) is 11.2 Å². The van der Waals surface area contributed by atoms with E-state index < -0.39 is 0 Å². The Bertz CT molecular complexity index is 703. The maximum absolute atomic E-state index is 13.2. The minimum Gasteiger partial charge on any atom is -0.472 e. The highest BCUT2D eigenvalue weighted by Gasteiger charge is 2.22. The van der Waals surface area contributed by atoms with Gasteiger partial charge in [0.1, 0.15) is 12.1 Å². The van der Waals surface area contributed by atoms with Crippen LogP contribution in [0.5, 0.6) is 0 Å². The zero-order valence-corrected chi connectivity index (χ0v) is 14.6. The van der Waals surface area contributed by atoms with E-state index in [-0.39, 0.29) is 35.6 Å². The minimum atomic E-state index is -0.377. The molecule has 0 fully saturated rings. The monoisotopic (exact) mass is 346 g/mol. The van der Waals surface area contributed by atoms with E-state index in [1.807, 2.05) is 0 Å². The van der Waals surface area contributed by atoms with Crippen molar-refractivity contribution in [3.8, 4) is 0 Å². The first-order valence-electron chi connectivity index (χ1n) is 8.10. The molecule has 2 aromatic rings. The molecule has 6 heteroatoms. The summed E-state index contributed by atoms with van der Waals surface area (Å²) in [7, 11) is 0. The zero-order chi connectivity index (χ0) is 18.4. The molecular weight excluding hydrogens is 323 g/mol. The number of amides is 2. The van der Waals surface area contributed by atoms with Crippen molar-refractivity contribution in [2.75, 3.05) is 6.54 Å². The molecule has 1 aromatic carbocycles. The lowest BCUT2D eigenvalue weighted by molar-refractivity contribution is -0.121. The number of halogens is 1. The Labute approximate surface area is 146 Å². The van der Waals surface area contributed by atoms with Gasteiger partial charge in [-0.3, -0.25) is 9.59 Å². The second-order valence-corrected chi connectivity index (χ2v) is 7.13. The van der Waals surface area contributed by atoms with Crippen LogP contribution in [-0.2, 0) is 4.79 Å². The summed E-state index contributed by atoms with van der Waals surface area (Å²) in [6.45, 7) is 6.05. The molecule has 2 amide bonds. The van der Waals surface area contributed by atoms with Gasteiger partial charge in [0.05, 0.1) is 24.4 Å². The van der Waals surface area contributed by atoms with Crippen LogP contribution >= 0.6 is 0 Å². The second-order valence-electron chi connectivity index (χ2n) is 7.13. The Morgan fingerprint density at radius 3 is 2.40 bits per heavy atom. The average Bonchev–Trinajstić information content (AvgIpc) is 3.06. The fraction of sp³-hybridized carbons (Fsp3) is 0.368. The van der Waals surface area contributed by atoms with Gasteiger partial charge in [0, 0.05) is 0 Å². The highest BCUT2D eigenvalue weighted by Crippen LogP contribution is 2.29. The summed E-state index contributed by atoms with van der Waals surface area (Å²) in [5.74, 6) is -1.01. The third kappa shape index (κ3) is 6.06. The summed E-state index contributed by atoms with van der Waals surface area (Å²) < 4.78 is 18.0. The molecule has 0 saturated carbocycles. The molecule has 2 N–H and O–H groups in total. The number of rotatable bonds is 6. The number of hydrogen-bond acceptors (Lipinski definition) is 3. The third-order valence-corrected chi connectivity index (χ3v) is 3.62. The fourth-order valence-electron chi connectivity index (χ4n) is 2.46. The van der Waals surface area contributed by atoms with Crippen LogP contribution in [0.15, 0.2) is 47.3 Å². The predicted octanol–water partition coefficient (Wildman–Crippen LogP) is 3.44. The molecular formula is C19H23FN2O3. The van der Waals surface area contributed by atoms with Crippen molar-refractivity contribution in [3.63, 3.8) is 0 Å². The lowest BCUT2D eigenvalue weighted by atomic mass is 9.85. The Balaban J connectivity index is 1.99. The SMILES string of the molecule is CC(C)(C)CC(NC(=O)CNC(=O)c1ccoc1)c1ccc(F)cc1. The summed E-state index contributed by atoms with van der Waals surface area (Å²) >= 11 is 0. The highest BCUT2D eigenvalue weighted by molar-refractivity contribution is 5.96. The van der Waals surface area contributed by atoms with Gasteiger partial charge in [-0.1, -0.05) is 32.9 Å². The van der Waals surface area contributed by atoms with Crippen LogP contribution in [0.1, 0.15) is 49.2 Å². The van der Waals surface area contributed by atoms with Crippen LogP contribution in [0.2, 0.25) is 0 Å². The van der Waals surface area contributed by atoms with E-state index in [1.165, 1.54) is 30.7 Å². The van der Waals surface area contributed by atoms with Crippen LogP contribution in [0.4, 0.5) is 4.39 Å². The Morgan fingerprint density at radius 1 is 1.16 bits per heavy atom. The molecule has 0 aliphatic carbocycles. The molecule has 1 heterocycles. The summed E-state index contributed by atoms with van der Waals surface area (Å²) in [4.78, 5) is 24.1. The quantitative estimate of drug-likeness (QED) is 0.842. The van der Waals surface area contributed by atoms with E-state index >= 15 is 0 Å². The molecule has 5 nitrogen and oxygen atoms in total. The molecule has 1 atom stereocenters. The highest BCUT2D eigenvalue weighted by atomic mass is 19.1. The van der Waals surface area contributed by atoms with Gasteiger partial charge in [0.25, 0.3) is 5.91 Å². The molecule has 2 rings (SSSR count). The molecule has 1 aromatic heterocycles. The van der Waals surface area contributed by atoms with Gasteiger partial charge in [-0.25, -0.2) is 4.39 Å². The largest absolute Gasteiger partial charge is 0.472 e. The standard InChI is InChI=1S/C19H23FN2O3/c1-19(2,3)10-16(13-4-6-15(20)7-5-13)22-17(23)11-21-18(24)14-8-9-25-12-14/h4-9,12,16H,10-11H2,1-3H3,(H,21,24)(H,22,23). The average molecular weight is 346 g/mol. The number of nitrogens with one attached hydrogen (secondary N) is 2. The Kier molecular flexibility index (Phi) is 5.96. The second kappa shape index (κ2) is 7.96. The normalized spacial score (nSPS) is 12.5. The first kappa shape index (κ1) is 18.7. The molecule has 0 aliphatic heterocycles. The lowest BCUT2D eigenvalue weighted by Crippen LogP contribution is -2.39. The summed E-state index contributed by atoms with van der Waals surface area (Å²) in [5.41, 5.74) is 1.15.